The van der Waals surface area contributed by atoms with E-state index in [9.17, 15) is 14.7 Å². The van der Waals surface area contributed by atoms with Crippen LogP contribution in [0.1, 0.15) is 19.3 Å². The predicted octanol–water partition coefficient (Wildman–Crippen LogP) is -0.00180. The van der Waals surface area contributed by atoms with Crippen LogP contribution in [0.2, 0.25) is 0 Å². The van der Waals surface area contributed by atoms with Crippen LogP contribution in [0.3, 0.4) is 0 Å². The summed E-state index contributed by atoms with van der Waals surface area (Å²) in [5.74, 6) is -1.11. The highest BCUT2D eigenvalue weighted by molar-refractivity contribution is 6.22. The molecule has 0 bridgehead atoms. The van der Waals surface area contributed by atoms with Crippen molar-refractivity contribution in [2.45, 2.75) is 19.3 Å². The lowest BCUT2D eigenvalue weighted by Gasteiger charge is -2.18. The molecule has 15 heavy (non-hydrogen) atoms. The van der Waals surface area contributed by atoms with Crippen molar-refractivity contribution in [3.63, 3.8) is 0 Å². The van der Waals surface area contributed by atoms with Gasteiger partial charge in [0.15, 0.2) is 11.6 Å². The average molecular weight is 208 g/mol. The summed E-state index contributed by atoms with van der Waals surface area (Å²) in [7, 11) is 3.53. The van der Waals surface area contributed by atoms with Gasteiger partial charge in [-0.25, -0.2) is 0 Å². The van der Waals surface area contributed by atoms with Crippen LogP contribution in [0, 0.1) is 0 Å². The zero-order valence-corrected chi connectivity index (χ0v) is 8.95. The average Bonchev–Trinajstić information content (AvgIpc) is 2.14. The Morgan fingerprint density at radius 3 is 2.27 bits per heavy atom. The van der Waals surface area contributed by atoms with Gasteiger partial charge in [0.05, 0.1) is 5.57 Å². The Morgan fingerprint density at radius 1 is 1.27 bits per heavy atom. The molecule has 0 saturated heterocycles. The zero-order valence-electron chi connectivity index (χ0n) is 8.95. The SMILES string of the molecule is CN(C)/C=C/C([O-])=C1C(=O)CCCC1=O. The van der Waals surface area contributed by atoms with Crippen molar-refractivity contribution < 1.29 is 14.7 Å². The van der Waals surface area contributed by atoms with Gasteiger partial charge < -0.3 is 10.0 Å². The second-order valence-corrected chi connectivity index (χ2v) is 3.72. The molecule has 0 atom stereocenters. The van der Waals surface area contributed by atoms with Gasteiger partial charge in [-0.05, 0) is 12.6 Å². The van der Waals surface area contributed by atoms with E-state index in [2.05, 4.69) is 0 Å². The van der Waals surface area contributed by atoms with Crippen LogP contribution in [-0.4, -0.2) is 30.6 Å². The van der Waals surface area contributed by atoms with Gasteiger partial charge in [-0.15, -0.1) is 0 Å². The molecule has 1 aliphatic carbocycles. The van der Waals surface area contributed by atoms with Crippen LogP contribution in [0.25, 0.3) is 0 Å². The second kappa shape index (κ2) is 4.77. The Balaban J connectivity index is 2.94. The molecule has 0 heterocycles. The number of carbonyl (C=O) groups is 2. The monoisotopic (exact) mass is 208 g/mol. The first-order valence-electron chi connectivity index (χ1n) is 4.84. The molecule has 82 valence electrons. The summed E-state index contributed by atoms with van der Waals surface area (Å²) in [6.07, 6.45) is 3.97. The van der Waals surface area contributed by atoms with Crippen LogP contribution in [0.5, 0.6) is 0 Å². The van der Waals surface area contributed by atoms with E-state index in [1.807, 2.05) is 0 Å². The van der Waals surface area contributed by atoms with Gasteiger partial charge in [0, 0.05) is 26.9 Å². The molecule has 1 fully saturated rings. The summed E-state index contributed by atoms with van der Waals surface area (Å²) in [6, 6.07) is 0. The van der Waals surface area contributed by atoms with Gasteiger partial charge in [-0.3, -0.25) is 9.59 Å². The normalized spacial score (nSPS) is 17.3. The molecular weight excluding hydrogens is 194 g/mol. The minimum Gasteiger partial charge on any atom is -0.872 e. The van der Waals surface area contributed by atoms with Crippen molar-refractivity contribution in [2.24, 2.45) is 0 Å². The first-order chi connectivity index (χ1) is 7.02. The van der Waals surface area contributed by atoms with Crippen molar-refractivity contribution in [3.8, 4) is 0 Å². The number of nitrogens with zero attached hydrogens (tertiary/aromatic N) is 1. The second-order valence-electron chi connectivity index (χ2n) is 3.72. The highest BCUT2D eigenvalue weighted by Crippen LogP contribution is 2.18. The molecule has 0 aromatic carbocycles. The van der Waals surface area contributed by atoms with Gasteiger partial charge in [0.25, 0.3) is 0 Å². The Bertz CT molecular complexity index is 322. The minimum atomic E-state index is -0.474. The highest BCUT2D eigenvalue weighted by atomic mass is 16.3. The maximum atomic E-state index is 11.5. The smallest absolute Gasteiger partial charge is 0.165 e. The van der Waals surface area contributed by atoms with E-state index in [-0.39, 0.29) is 17.1 Å². The van der Waals surface area contributed by atoms with Crippen LogP contribution >= 0.6 is 0 Å². The van der Waals surface area contributed by atoms with Gasteiger partial charge in [0.2, 0.25) is 0 Å². The number of hydrogen-bond acceptors (Lipinski definition) is 4. The van der Waals surface area contributed by atoms with E-state index in [4.69, 9.17) is 0 Å². The Hall–Kier alpha value is -1.58. The van der Waals surface area contributed by atoms with E-state index < -0.39 is 5.76 Å². The fourth-order valence-electron chi connectivity index (χ4n) is 1.39. The summed E-state index contributed by atoms with van der Waals surface area (Å²) in [4.78, 5) is 24.4. The fraction of sp³-hybridized carbons (Fsp3) is 0.455. The lowest BCUT2D eigenvalue weighted by molar-refractivity contribution is -0.296. The molecule has 0 radical (unpaired) electrons. The molecule has 1 saturated carbocycles. The Labute approximate surface area is 88.9 Å². The van der Waals surface area contributed by atoms with Gasteiger partial charge in [-0.2, -0.15) is 0 Å². The maximum Gasteiger partial charge on any atom is 0.165 e. The minimum absolute atomic E-state index is 0.153. The number of ketones is 2. The first kappa shape index (κ1) is 11.5. The topological polar surface area (TPSA) is 60.4 Å². The third-order valence-electron chi connectivity index (χ3n) is 2.14. The van der Waals surface area contributed by atoms with E-state index in [1.165, 1.54) is 12.3 Å². The van der Waals surface area contributed by atoms with Crippen molar-refractivity contribution >= 4 is 11.6 Å². The molecule has 4 nitrogen and oxygen atoms in total. The summed E-state index contributed by atoms with van der Waals surface area (Å²) in [5.41, 5.74) is -0.153. The van der Waals surface area contributed by atoms with Gasteiger partial charge in [-0.1, -0.05) is 11.8 Å². The molecular formula is C11H14NO3-. The number of rotatable bonds is 2. The van der Waals surface area contributed by atoms with Crippen LogP contribution < -0.4 is 5.11 Å². The predicted molar refractivity (Wildman–Crippen MR) is 53.7 cm³/mol. The Kier molecular flexibility index (Phi) is 3.66. The third kappa shape index (κ3) is 2.94. The lowest BCUT2D eigenvalue weighted by atomic mass is 9.91. The number of hydrogen-bond donors (Lipinski definition) is 0. The van der Waals surface area contributed by atoms with Crippen molar-refractivity contribution in [2.75, 3.05) is 14.1 Å². The molecule has 0 unspecified atom stereocenters. The molecule has 0 aromatic heterocycles. The van der Waals surface area contributed by atoms with E-state index in [0.717, 1.165) is 0 Å². The standard InChI is InChI=1S/C11H15NO3/c1-12(2)7-6-10(15)11-8(13)4-3-5-9(11)14/h6-7,15H,3-5H2,1-2H3/p-1/b7-6+. The molecule has 0 aliphatic heterocycles. The molecule has 1 rings (SSSR count). The largest absolute Gasteiger partial charge is 0.872 e. The lowest BCUT2D eigenvalue weighted by Crippen LogP contribution is -2.24. The van der Waals surface area contributed by atoms with Crippen LogP contribution in [0.4, 0.5) is 0 Å². The van der Waals surface area contributed by atoms with Crippen molar-refractivity contribution in [1.29, 1.82) is 0 Å². The highest BCUT2D eigenvalue weighted by Gasteiger charge is 2.22. The molecule has 0 N–H and O–H groups in total. The number of carbonyl (C=O) groups excluding carboxylic acids is 2. The summed E-state index contributed by atoms with van der Waals surface area (Å²) in [6.45, 7) is 0. The molecule has 4 heteroatoms. The quantitative estimate of drug-likeness (QED) is 0.364. The summed E-state index contributed by atoms with van der Waals surface area (Å²) in [5, 5.41) is 11.5. The van der Waals surface area contributed by atoms with Crippen molar-refractivity contribution in [3.05, 3.63) is 23.6 Å². The van der Waals surface area contributed by atoms with Crippen LogP contribution in [0.15, 0.2) is 23.6 Å². The zero-order chi connectivity index (χ0) is 11.4. The maximum absolute atomic E-state index is 11.5. The number of Topliss-reactive ketones (excluding diaryl/α,β-unsaturated/α-hetero) is 2. The Morgan fingerprint density at radius 2 is 1.80 bits per heavy atom. The molecule has 1 aliphatic rings. The van der Waals surface area contributed by atoms with E-state index in [1.54, 1.807) is 19.0 Å². The number of allylic oxidation sites excluding steroid dienone is 2. The van der Waals surface area contributed by atoms with E-state index in [0.29, 0.717) is 19.3 Å². The first-order valence-corrected chi connectivity index (χ1v) is 4.84. The molecule has 0 aromatic rings. The van der Waals surface area contributed by atoms with Gasteiger partial charge in [0.1, 0.15) is 0 Å². The van der Waals surface area contributed by atoms with Crippen molar-refractivity contribution in [1.82, 2.24) is 4.90 Å². The molecule has 0 spiro atoms. The van der Waals surface area contributed by atoms with Gasteiger partial charge >= 0.3 is 0 Å². The third-order valence-corrected chi connectivity index (χ3v) is 2.14. The summed E-state index contributed by atoms with van der Waals surface area (Å²) >= 11 is 0. The van der Waals surface area contributed by atoms with E-state index >= 15 is 0 Å². The fourth-order valence-corrected chi connectivity index (χ4v) is 1.39. The summed E-state index contributed by atoms with van der Waals surface area (Å²) < 4.78 is 0. The van der Waals surface area contributed by atoms with Crippen LogP contribution in [-0.2, 0) is 9.59 Å². The molecule has 0 amide bonds.